The molecule has 0 fully saturated rings. The summed E-state index contributed by atoms with van der Waals surface area (Å²) in [6, 6.07) is 0.243. The molecule has 0 radical (unpaired) electrons. The number of aromatic nitrogens is 3. The molecule has 0 aromatic carbocycles. The highest BCUT2D eigenvalue weighted by molar-refractivity contribution is 4.85. The Balaban J connectivity index is 2.50. The third-order valence-electron chi connectivity index (χ3n) is 1.82. The second kappa shape index (κ2) is 4.21. The Kier molecular flexibility index (Phi) is 3.22. The maximum Gasteiger partial charge on any atom is 0.138 e. The van der Waals surface area contributed by atoms with Gasteiger partial charge in [-0.15, -0.1) is 0 Å². The minimum atomic E-state index is 0.243. The van der Waals surface area contributed by atoms with Crippen LogP contribution in [-0.4, -0.2) is 20.8 Å². The molecule has 0 saturated carbocycles. The summed E-state index contributed by atoms with van der Waals surface area (Å²) < 4.78 is 1.91. The van der Waals surface area contributed by atoms with Crippen molar-refractivity contribution in [1.29, 1.82) is 0 Å². The molecule has 1 aromatic rings. The zero-order valence-corrected chi connectivity index (χ0v) is 7.70. The number of rotatable bonds is 4. The number of hydrogen-bond acceptors (Lipinski definition) is 3. The van der Waals surface area contributed by atoms with Crippen LogP contribution in [0, 0.1) is 0 Å². The number of nitrogens with zero attached hydrogens (tertiary/aromatic N) is 3. The Hall–Kier alpha value is -0.900. The van der Waals surface area contributed by atoms with Crippen molar-refractivity contribution in [3.8, 4) is 0 Å². The van der Waals surface area contributed by atoms with Crippen LogP contribution in [0.2, 0.25) is 0 Å². The smallest absolute Gasteiger partial charge is 0.138 e. The minimum Gasteiger partial charge on any atom is -0.328 e. The van der Waals surface area contributed by atoms with E-state index in [0.29, 0.717) is 0 Å². The normalized spacial score (nSPS) is 13.2. The minimum absolute atomic E-state index is 0.243. The maximum atomic E-state index is 5.64. The van der Waals surface area contributed by atoms with E-state index in [4.69, 9.17) is 5.73 Å². The average Bonchev–Trinajstić information content (AvgIpc) is 2.47. The topological polar surface area (TPSA) is 56.7 Å². The van der Waals surface area contributed by atoms with Crippen LogP contribution in [0.25, 0.3) is 0 Å². The van der Waals surface area contributed by atoms with Gasteiger partial charge in [-0.1, -0.05) is 0 Å². The van der Waals surface area contributed by atoms with Crippen LogP contribution in [0.3, 0.4) is 0 Å². The van der Waals surface area contributed by atoms with E-state index < -0.39 is 0 Å². The Morgan fingerprint density at radius 3 is 3.00 bits per heavy atom. The van der Waals surface area contributed by atoms with Crippen molar-refractivity contribution >= 4 is 0 Å². The second-order valence-electron chi connectivity index (χ2n) is 3.01. The predicted molar refractivity (Wildman–Crippen MR) is 47.7 cm³/mol. The molecular weight excluding hydrogens is 152 g/mol. The SMILES string of the molecule is CCn1ncnc1CC[C@@H](C)N. The van der Waals surface area contributed by atoms with Gasteiger partial charge in [0.1, 0.15) is 12.2 Å². The first-order valence-corrected chi connectivity index (χ1v) is 4.36. The van der Waals surface area contributed by atoms with E-state index in [-0.39, 0.29) is 6.04 Å². The van der Waals surface area contributed by atoms with Gasteiger partial charge in [-0.25, -0.2) is 4.98 Å². The van der Waals surface area contributed by atoms with E-state index in [1.165, 1.54) is 0 Å². The van der Waals surface area contributed by atoms with Crippen LogP contribution in [-0.2, 0) is 13.0 Å². The van der Waals surface area contributed by atoms with Crippen molar-refractivity contribution in [3.63, 3.8) is 0 Å². The standard InChI is InChI=1S/C8H16N4/c1-3-12-8(10-6-11-12)5-4-7(2)9/h6-7H,3-5,9H2,1-2H3/t7-/m1/s1. The molecule has 0 unspecified atom stereocenters. The fourth-order valence-corrected chi connectivity index (χ4v) is 1.10. The monoisotopic (exact) mass is 168 g/mol. The van der Waals surface area contributed by atoms with Gasteiger partial charge in [0.15, 0.2) is 0 Å². The molecule has 0 bridgehead atoms. The predicted octanol–water partition coefficient (Wildman–Crippen LogP) is 0.578. The Labute approximate surface area is 72.8 Å². The number of nitrogens with two attached hydrogens (primary N) is 1. The molecule has 12 heavy (non-hydrogen) atoms. The summed E-state index contributed by atoms with van der Waals surface area (Å²) in [5.41, 5.74) is 5.64. The first-order valence-electron chi connectivity index (χ1n) is 4.36. The van der Waals surface area contributed by atoms with Gasteiger partial charge >= 0.3 is 0 Å². The molecule has 4 nitrogen and oxygen atoms in total. The highest BCUT2D eigenvalue weighted by Crippen LogP contribution is 2.00. The van der Waals surface area contributed by atoms with E-state index in [0.717, 1.165) is 25.2 Å². The number of hydrogen-bond donors (Lipinski definition) is 1. The van der Waals surface area contributed by atoms with Crippen molar-refractivity contribution in [2.75, 3.05) is 0 Å². The largest absolute Gasteiger partial charge is 0.328 e. The third kappa shape index (κ3) is 2.30. The lowest BCUT2D eigenvalue weighted by Gasteiger charge is -2.04. The molecule has 2 N–H and O–H groups in total. The zero-order chi connectivity index (χ0) is 8.97. The lowest BCUT2D eigenvalue weighted by Crippen LogP contribution is -2.17. The van der Waals surface area contributed by atoms with E-state index in [9.17, 15) is 0 Å². The summed E-state index contributed by atoms with van der Waals surface area (Å²) >= 11 is 0. The van der Waals surface area contributed by atoms with E-state index in [1.807, 2.05) is 11.6 Å². The summed E-state index contributed by atoms with van der Waals surface area (Å²) in [6.07, 6.45) is 3.49. The lowest BCUT2D eigenvalue weighted by molar-refractivity contribution is 0.577. The second-order valence-corrected chi connectivity index (χ2v) is 3.01. The fraction of sp³-hybridized carbons (Fsp3) is 0.750. The van der Waals surface area contributed by atoms with E-state index in [1.54, 1.807) is 6.33 Å². The van der Waals surface area contributed by atoms with Crippen molar-refractivity contribution < 1.29 is 0 Å². The van der Waals surface area contributed by atoms with Gasteiger partial charge in [0, 0.05) is 19.0 Å². The van der Waals surface area contributed by atoms with Crippen molar-refractivity contribution in [3.05, 3.63) is 12.2 Å². The maximum absolute atomic E-state index is 5.64. The van der Waals surface area contributed by atoms with Gasteiger partial charge in [-0.05, 0) is 20.3 Å². The van der Waals surface area contributed by atoms with Gasteiger partial charge < -0.3 is 5.73 Å². The molecule has 0 aliphatic heterocycles. The zero-order valence-electron chi connectivity index (χ0n) is 7.70. The summed E-state index contributed by atoms with van der Waals surface area (Å²) in [4.78, 5) is 4.16. The Morgan fingerprint density at radius 2 is 2.42 bits per heavy atom. The van der Waals surface area contributed by atoms with Crippen LogP contribution in [0.15, 0.2) is 6.33 Å². The van der Waals surface area contributed by atoms with Crippen LogP contribution in [0.1, 0.15) is 26.1 Å². The van der Waals surface area contributed by atoms with Gasteiger partial charge in [-0.2, -0.15) is 5.10 Å². The van der Waals surface area contributed by atoms with Crippen molar-refractivity contribution in [1.82, 2.24) is 14.8 Å². The van der Waals surface area contributed by atoms with Gasteiger partial charge in [0.2, 0.25) is 0 Å². The van der Waals surface area contributed by atoms with Crippen LogP contribution < -0.4 is 5.73 Å². The quantitative estimate of drug-likeness (QED) is 0.715. The first-order chi connectivity index (χ1) is 5.74. The van der Waals surface area contributed by atoms with Crippen LogP contribution >= 0.6 is 0 Å². The molecule has 1 rings (SSSR count). The lowest BCUT2D eigenvalue weighted by atomic mass is 10.2. The first kappa shape index (κ1) is 9.19. The van der Waals surface area contributed by atoms with Crippen molar-refractivity contribution in [2.24, 2.45) is 5.73 Å². The summed E-state index contributed by atoms with van der Waals surface area (Å²) in [5, 5.41) is 4.08. The van der Waals surface area contributed by atoms with Gasteiger partial charge in [0.05, 0.1) is 0 Å². The third-order valence-corrected chi connectivity index (χ3v) is 1.82. The molecule has 0 saturated heterocycles. The number of aryl methyl sites for hydroxylation is 2. The molecule has 1 atom stereocenters. The molecular formula is C8H16N4. The highest BCUT2D eigenvalue weighted by atomic mass is 15.3. The molecule has 1 aromatic heterocycles. The molecule has 1 heterocycles. The van der Waals surface area contributed by atoms with E-state index in [2.05, 4.69) is 17.0 Å². The summed E-state index contributed by atoms with van der Waals surface area (Å²) in [5.74, 6) is 1.04. The van der Waals surface area contributed by atoms with E-state index >= 15 is 0 Å². The summed E-state index contributed by atoms with van der Waals surface area (Å²) in [7, 11) is 0. The Morgan fingerprint density at radius 1 is 1.67 bits per heavy atom. The highest BCUT2D eigenvalue weighted by Gasteiger charge is 2.03. The summed E-state index contributed by atoms with van der Waals surface area (Å²) in [6.45, 7) is 4.95. The average molecular weight is 168 g/mol. The fourth-order valence-electron chi connectivity index (χ4n) is 1.10. The van der Waals surface area contributed by atoms with Crippen molar-refractivity contribution in [2.45, 2.75) is 39.3 Å². The van der Waals surface area contributed by atoms with Gasteiger partial charge in [0.25, 0.3) is 0 Å². The molecule has 4 heteroatoms. The van der Waals surface area contributed by atoms with Gasteiger partial charge in [-0.3, -0.25) is 4.68 Å². The molecule has 68 valence electrons. The Bertz CT molecular complexity index is 229. The molecule has 0 spiro atoms. The van der Waals surface area contributed by atoms with Crippen LogP contribution in [0.4, 0.5) is 0 Å². The molecule has 0 aliphatic rings. The molecule has 0 amide bonds. The van der Waals surface area contributed by atoms with Crippen LogP contribution in [0.5, 0.6) is 0 Å². The molecule has 0 aliphatic carbocycles.